The highest BCUT2D eigenvalue weighted by Crippen LogP contribution is 2.41. The molecule has 0 spiro atoms. The number of carbonyl (C=O) groups excluding carboxylic acids is 1. The Kier molecular flexibility index (Phi) is 5.04. The molecular weight excluding hydrogens is 396 g/mol. The van der Waals surface area contributed by atoms with E-state index in [2.05, 4.69) is 20.1 Å². The monoisotopic (exact) mass is 418 g/mol. The van der Waals surface area contributed by atoms with Crippen LogP contribution < -0.4 is 5.32 Å². The van der Waals surface area contributed by atoms with E-state index >= 15 is 0 Å². The Hall–Kier alpha value is -3.06. The molecule has 152 valence electrons. The maximum absolute atomic E-state index is 12.6. The van der Waals surface area contributed by atoms with Gasteiger partial charge in [-0.1, -0.05) is 48.2 Å². The standard InChI is InChI=1S/C23H22N4O2S/c1-15(20-13-17-7-5-6-10-19(17)29-20)24-21(28)14-30-23-26-25-22(16-11-12-16)27(23)18-8-3-2-4-9-18/h2-10,13,15-16H,11-12,14H2,1H3,(H,24,28). The first-order chi connectivity index (χ1) is 14.7. The molecule has 1 N–H and O–H groups in total. The highest BCUT2D eigenvalue weighted by atomic mass is 32.2. The molecule has 6 nitrogen and oxygen atoms in total. The highest BCUT2D eigenvalue weighted by molar-refractivity contribution is 7.99. The summed E-state index contributed by atoms with van der Waals surface area (Å²) in [4.78, 5) is 12.6. The van der Waals surface area contributed by atoms with Crippen molar-refractivity contribution in [2.75, 3.05) is 5.75 Å². The molecule has 1 saturated carbocycles. The quantitative estimate of drug-likeness (QED) is 0.434. The van der Waals surface area contributed by atoms with Crippen LogP contribution in [0.4, 0.5) is 0 Å². The summed E-state index contributed by atoms with van der Waals surface area (Å²) in [7, 11) is 0. The number of rotatable bonds is 7. The molecule has 1 unspecified atom stereocenters. The molecule has 0 aliphatic heterocycles. The molecule has 0 radical (unpaired) electrons. The molecule has 7 heteroatoms. The van der Waals surface area contributed by atoms with Gasteiger partial charge in [0, 0.05) is 17.0 Å². The zero-order valence-electron chi connectivity index (χ0n) is 16.6. The van der Waals surface area contributed by atoms with Crippen LogP contribution in [0.15, 0.2) is 70.2 Å². The number of benzene rings is 2. The maximum atomic E-state index is 12.6. The summed E-state index contributed by atoms with van der Waals surface area (Å²) in [6.45, 7) is 1.93. The van der Waals surface area contributed by atoms with Crippen molar-refractivity contribution >= 4 is 28.6 Å². The first-order valence-electron chi connectivity index (χ1n) is 10.1. The topological polar surface area (TPSA) is 73.0 Å². The van der Waals surface area contributed by atoms with E-state index in [9.17, 15) is 4.79 Å². The second kappa shape index (κ2) is 7.99. The Balaban J connectivity index is 1.27. The summed E-state index contributed by atoms with van der Waals surface area (Å²) in [6.07, 6.45) is 2.29. The summed E-state index contributed by atoms with van der Waals surface area (Å²) in [5.74, 6) is 2.40. The number of aromatic nitrogens is 3. The van der Waals surface area contributed by atoms with E-state index in [0.29, 0.717) is 5.92 Å². The molecule has 4 aromatic rings. The number of nitrogens with zero attached hydrogens (tertiary/aromatic N) is 3. The first-order valence-corrected chi connectivity index (χ1v) is 11.1. The van der Waals surface area contributed by atoms with Crippen molar-refractivity contribution in [3.05, 3.63) is 72.2 Å². The first kappa shape index (κ1) is 18.9. The third-order valence-electron chi connectivity index (χ3n) is 5.20. The molecule has 1 fully saturated rings. The molecule has 1 aliphatic rings. The lowest BCUT2D eigenvalue weighted by molar-refractivity contribution is -0.119. The van der Waals surface area contributed by atoms with Crippen LogP contribution in [0.25, 0.3) is 16.7 Å². The minimum absolute atomic E-state index is 0.0662. The second-order valence-electron chi connectivity index (χ2n) is 7.55. The number of carbonyl (C=O) groups is 1. The van der Waals surface area contributed by atoms with Crippen LogP contribution >= 0.6 is 11.8 Å². The molecule has 0 bridgehead atoms. The zero-order chi connectivity index (χ0) is 20.5. The molecule has 0 saturated heterocycles. The molecular formula is C23H22N4O2S. The lowest BCUT2D eigenvalue weighted by atomic mass is 10.2. The van der Waals surface area contributed by atoms with E-state index in [0.717, 1.165) is 46.2 Å². The van der Waals surface area contributed by atoms with Crippen molar-refractivity contribution in [1.29, 1.82) is 0 Å². The molecule has 2 heterocycles. The molecule has 1 aliphatic carbocycles. The van der Waals surface area contributed by atoms with E-state index in [1.54, 1.807) is 0 Å². The van der Waals surface area contributed by atoms with Crippen LogP contribution in [-0.4, -0.2) is 26.4 Å². The van der Waals surface area contributed by atoms with Crippen LogP contribution in [0.3, 0.4) is 0 Å². The third kappa shape index (κ3) is 3.85. The number of hydrogen-bond donors (Lipinski definition) is 1. The van der Waals surface area contributed by atoms with Crippen LogP contribution in [0, 0.1) is 0 Å². The van der Waals surface area contributed by atoms with E-state index < -0.39 is 0 Å². The Morgan fingerprint density at radius 2 is 1.93 bits per heavy atom. The Morgan fingerprint density at radius 3 is 2.70 bits per heavy atom. The van der Waals surface area contributed by atoms with Gasteiger partial charge in [-0.05, 0) is 44.0 Å². The third-order valence-corrected chi connectivity index (χ3v) is 6.13. The van der Waals surface area contributed by atoms with Crippen LogP contribution in [0.5, 0.6) is 0 Å². The number of fused-ring (bicyclic) bond motifs is 1. The molecule has 2 aromatic carbocycles. The predicted octanol–water partition coefficient (Wildman–Crippen LogP) is 4.86. The predicted molar refractivity (Wildman–Crippen MR) is 117 cm³/mol. The number of nitrogens with one attached hydrogen (secondary N) is 1. The van der Waals surface area contributed by atoms with E-state index in [-0.39, 0.29) is 17.7 Å². The fourth-order valence-corrected chi connectivity index (χ4v) is 4.27. The van der Waals surface area contributed by atoms with Gasteiger partial charge in [0.05, 0.1) is 11.8 Å². The minimum atomic E-state index is -0.209. The smallest absolute Gasteiger partial charge is 0.231 e. The van der Waals surface area contributed by atoms with Crippen molar-refractivity contribution in [2.45, 2.75) is 36.9 Å². The molecule has 5 rings (SSSR count). The normalized spacial score (nSPS) is 14.7. The van der Waals surface area contributed by atoms with Crippen molar-refractivity contribution < 1.29 is 9.21 Å². The van der Waals surface area contributed by atoms with Crippen molar-refractivity contribution in [3.63, 3.8) is 0 Å². The van der Waals surface area contributed by atoms with E-state index in [1.807, 2.05) is 67.6 Å². The average molecular weight is 419 g/mol. The molecule has 1 amide bonds. The van der Waals surface area contributed by atoms with Crippen LogP contribution in [-0.2, 0) is 4.79 Å². The van der Waals surface area contributed by atoms with Crippen molar-refractivity contribution in [3.8, 4) is 5.69 Å². The molecule has 1 atom stereocenters. The number of para-hydroxylation sites is 2. The zero-order valence-corrected chi connectivity index (χ0v) is 17.4. The second-order valence-corrected chi connectivity index (χ2v) is 8.49. The van der Waals surface area contributed by atoms with Gasteiger partial charge in [-0.3, -0.25) is 9.36 Å². The van der Waals surface area contributed by atoms with Gasteiger partial charge in [-0.2, -0.15) is 0 Å². The molecule has 30 heavy (non-hydrogen) atoms. The van der Waals surface area contributed by atoms with Gasteiger partial charge in [-0.15, -0.1) is 10.2 Å². The van der Waals surface area contributed by atoms with Crippen molar-refractivity contribution in [2.24, 2.45) is 0 Å². The maximum Gasteiger partial charge on any atom is 0.231 e. The Morgan fingerprint density at radius 1 is 1.17 bits per heavy atom. The van der Waals surface area contributed by atoms with Crippen LogP contribution in [0.1, 0.15) is 43.3 Å². The van der Waals surface area contributed by atoms with E-state index in [4.69, 9.17) is 4.42 Å². The number of hydrogen-bond acceptors (Lipinski definition) is 5. The minimum Gasteiger partial charge on any atom is -0.459 e. The average Bonchev–Trinajstić information content (AvgIpc) is 3.37. The lowest BCUT2D eigenvalue weighted by Gasteiger charge is -2.12. The summed E-state index contributed by atoms with van der Waals surface area (Å²) >= 11 is 1.40. The van der Waals surface area contributed by atoms with E-state index in [1.165, 1.54) is 11.8 Å². The summed E-state index contributed by atoms with van der Waals surface area (Å²) in [5.41, 5.74) is 1.86. The van der Waals surface area contributed by atoms with Gasteiger partial charge >= 0.3 is 0 Å². The Labute approximate surface area is 178 Å². The number of thioether (sulfide) groups is 1. The van der Waals surface area contributed by atoms with Crippen molar-refractivity contribution in [1.82, 2.24) is 20.1 Å². The number of amides is 1. The van der Waals surface area contributed by atoms with Gasteiger partial charge in [-0.25, -0.2) is 0 Å². The SMILES string of the molecule is CC(NC(=O)CSc1nnc(C2CC2)n1-c1ccccc1)c1cc2ccccc2o1. The summed E-state index contributed by atoms with van der Waals surface area (Å²) < 4.78 is 7.94. The highest BCUT2D eigenvalue weighted by Gasteiger charge is 2.31. The Bertz CT molecular complexity index is 1150. The van der Waals surface area contributed by atoms with Gasteiger partial charge in [0.15, 0.2) is 5.16 Å². The fourth-order valence-electron chi connectivity index (χ4n) is 3.50. The van der Waals surface area contributed by atoms with Gasteiger partial charge in [0.2, 0.25) is 5.91 Å². The fraction of sp³-hybridized carbons (Fsp3) is 0.261. The van der Waals surface area contributed by atoms with Gasteiger partial charge in [0.1, 0.15) is 17.2 Å². The number of furan rings is 1. The van der Waals surface area contributed by atoms with Crippen LogP contribution in [0.2, 0.25) is 0 Å². The molecule has 2 aromatic heterocycles. The van der Waals surface area contributed by atoms with Gasteiger partial charge < -0.3 is 9.73 Å². The summed E-state index contributed by atoms with van der Waals surface area (Å²) in [6, 6.07) is 19.7. The lowest BCUT2D eigenvalue weighted by Crippen LogP contribution is -2.28. The largest absolute Gasteiger partial charge is 0.459 e. The summed E-state index contributed by atoms with van der Waals surface area (Å²) in [5, 5.41) is 13.6. The van der Waals surface area contributed by atoms with Gasteiger partial charge in [0.25, 0.3) is 0 Å².